The highest BCUT2D eigenvalue weighted by Crippen LogP contribution is 2.25. The van der Waals surface area contributed by atoms with Crippen LogP contribution in [0.2, 0.25) is 0 Å². The number of pyridine rings is 1. The third-order valence-corrected chi connectivity index (χ3v) is 4.73. The number of benzene rings is 1. The number of rotatable bonds is 4. The van der Waals surface area contributed by atoms with Crippen LogP contribution in [0, 0.1) is 0 Å². The summed E-state index contributed by atoms with van der Waals surface area (Å²) in [5, 5.41) is 0.770. The van der Waals surface area contributed by atoms with Crippen LogP contribution >= 0.6 is 0 Å². The van der Waals surface area contributed by atoms with Crippen molar-refractivity contribution in [1.29, 1.82) is 0 Å². The molecule has 1 saturated heterocycles. The van der Waals surface area contributed by atoms with Gasteiger partial charge in [-0.3, -0.25) is 4.90 Å². The minimum Gasteiger partial charge on any atom is -0.465 e. The van der Waals surface area contributed by atoms with Gasteiger partial charge in [0.25, 0.3) is 0 Å². The van der Waals surface area contributed by atoms with Gasteiger partial charge in [0.05, 0.1) is 25.9 Å². The minimum absolute atomic E-state index is 0.365. The number of esters is 1. The third kappa shape index (κ3) is 3.34. The molecule has 26 heavy (non-hydrogen) atoms. The lowest BCUT2D eigenvalue weighted by Crippen LogP contribution is -2.35. The Morgan fingerprint density at radius 2 is 2.00 bits per heavy atom. The highest BCUT2D eigenvalue weighted by atomic mass is 16.5. The average molecular weight is 351 g/mol. The lowest BCUT2D eigenvalue weighted by molar-refractivity contribution is 0.0342. The Bertz CT molecular complexity index is 912. The third-order valence-electron chi connectivity index (χ3n) is 4.73. The SMILES string of the molecule is COC(=O)c1c[nH]c2ncc(-c3ccc(CN4CCOCC4)cc3)cc12. The zero-order chi connectivity index (χ0) is 17.9. The Hall–Kier alpha value is -2.70. The first-order valence-electron chi connectivity index (χ1n) is 8.69. The summed E-state index contributed by atoms with van der Waals surface area (Å²) in [5.41, 5.74) is 4.50. The molecule has 1 fully saturated rings. The largest absolute Gasteiger partial charge is 0.465 e. The maximum Gasteiger partial charge on any atom is 0.340 e. The molecular formula is C20H21N3O3. The lowest BCUT2D eigenvalue weighted by atomic mass is 10.0. The fourth-order valence-electron chi connectivity index (χ4n) is 3.26. The van der Waals surface area contributed by atoms with Gasteiger partial charge >= 0.3 is 5.97 Å². The van der Waals surface area contributed by atoms with Gasteiger partial charge in [-0.1, -0.05) is 24.3 Å². The van der Waals surface area contributed by atoms with Crippen molar-refractivity contribution in [1.82, 2.24) is 14.9 Å². The van der Waals surface area contributed by atoms with E-state index >= 15 is 0 Å². The maximum absolute atomic E-state index is 11.9. The summed E-state index contributed by atoms with van der Waals surface area (Å²) < 4.78 is 10.2. The number of aromatic nitrogens is 2. The van der Waals surface area contributed by atoms with Gasteiger partial charge in [-0.05, 0) is 17.2 Å². The summed E-state index contributed by atoms with van der Waals surface area (Å²) in [7, 11) is 1.38. The number of fused-ring (bicyclic) bond motifs is 1. The number of methoxy groups -OCH3 is 1. The highest BCUT2D eigenvalue weighted by molar-refractivity contribution is 6.03. The van der Waals surface area contributed by atoms with E-state index in [0.717, 1.165) is 49.4 Å². The first-order valence-corrected chi connectivity index (χ1v) is 8.69. The second kappa shape index (κ2) is 7.27. The van der Waals surface area contributed by atoms with Crippen LogP contribution in [0.15, 0.2) is 42.7 Å². The molecule has 134 valence electrons. The standard InChI is InChI=1S/C20H21N3O3/c1-25-20(24)18-12-22-19-17(18)10-16(11-21-19)15-4-2-14(3-5-15)13-23-6-8-26-9-7-23/h2-5,10-12H,6-9,13H2,1H3,(H,21,22). The van der Waals surface area contributed by atoms with Crippen LogP contribution in [0.3, 0.4) is 0 Å². The monoisotopic (exact) mass is 351 g/mol. The van der Waals surface area contributed by atoms with E-state index < -0.39 is 0 Å². The van der Waals surface area contributed by atoms with Crippen molar-refractivity contribution in [2.75, 3.05) is 33.4 Å². The summed E-state index contributed by atoms with van der Waals surface area (Å²) in [6.07, 6.45) is 3.45. The van der Waals surface area contributed by atoms with Crippen LogP contribution in [0.5, 0.6) is 0 Å². The quantitative estimate of drug-likeness (QED) is 0.732. The van der Waals surface area contributed by atoms with Crippen molar-refractivity contribution in [3.8, 4) is 11.1 Å². The second-order valence-corrected chi connectivity index (χ2v) is 6.40. The number of ether oxygens (including phenoxy) is 2. The smallest absolute Gasteiger partial charge is 0.340 e. The Labute approximate surface area is 151 Å². The van der Waals surface area contributed by atoms with Gasteiger partial charge in [0.2, 0.25) is 0 Å². The van der Waals surface area contributed by atoms with Crippen molar-refractivity contribution in [2.45, 2.75) is 6.54 Å². The molecule has 1 aliphatic heterocycles. The van der Waals surface area contributed by atoms with Gasteiger partial charge in [-0.25, -0.2) is 9.78 Å². The zero-order valence-electron chi connectivity index (χ0n) is 14.7. The molecule has 1 aliphatic rings. The van der Waals surface area contributed by atoms with Crippen molar-refractivity contribution in [3.63, 3.8) is 0 Å². The Morgan fingerprint density at radius 3 is 2.73 bits per heavy atom. The van der Waals surface area contributed by atoms with Crippen molar-refractivity contribution >= 4 is 17.0 Å². The number of H-pyrrole nitrogens is 1. The molecule has 4 rings (SSSR count). The molecule has 1 N–H and O–H groups in total. The first-order chi connectivity index (χ1) is 12.7. The molecule has 0 saturated carbocycles. The minimum atomic E-state index is -0.365. The van der Waals surface area contributed by atoms with E-state index in [9.17, 15) is 4.79 Å². The van der Waals surface area contributed by atoms with E-state index in [1.54, 1.807) is 6.20 Å². The average Bonchev–Trinajstić information content (AvgIpc) is 3.12. The Morgan fingerprint density at radius 1 is 1.23 bits per heavy atom. The van der Waals surface area contributed by atoms with Crippen LogP contribution in [-0.2, 0) is 16.0 Å². The molecule has 1 aromatic carbocycles. The molecule has 2 aromatic heterocycles. The Balaban J connectivity index is 1.57. The van der Waals surface area contributed by atoms with E-state index in [0.29, 0.717) is 11.2 Å². The number of carbonyl (C=O) groups excluding carboxylic acids is 1. The lowest BCUT2D eigenvalue weighted by Gasteiger charge is -2.26. The summed E-state index contributed by atoms with van der Waals surface area (Å²) in [5.74, 6) is -0.365. The van der Waals surface area contributed by atoms with Crippen molar-refractivity contribution in [3.05, 3.63) is 53.9 Å². The normalized spacial score (nSPS) is 15.3. The molecule has 0 aliphatic carbocycles. The highest BCUT2D eigenvalue weighted by Gasteiger charge is 2.14. The molecule has 0 bridgehead atoms. The number of nitrogens with one attached hydrogen (secondary N) is 1. The number of morpholine rings is 1. The molecular weight excluding hydrogens is 330 g/mol. The van der Waals surface area contributed by atoms with Gasteiger partial charge < -0.3 is 14.5 Å². The van der Waals surface area contributed by atoms with Crippen LogP contribution < -0.4 is 0 Å². The van der Waals surface area contributed by atoms with Gasteiger partial charge in [0.15, 0.2) is 0 Å². The van der Waals surface area contributed by atoms with Crippen LogP contribution in [0.1, 0.15) is 15.9 Å². The molecule has 0 amide bonds. The van der Waals surface area contributed by atoms with Crippen molar-refractivity contribution in [2.24, 2.45) is 0 Å². The van der Waals surface area contributed by atoms with Crippen LogP contribution in [-0.4, -0.2) is 54.3 Å². The molecule has 0 radical (unpaired) electrons. The summed E-state index contributed by atoms with van der Waals surface area (Å²) in [4.78, 5) is 21.7. The molecule has 3 heterocycles. The number of aromatic amines is 1. The topological polar surface area (TPSA) is 67.5 Å². The second-order valence-electron chi connectivity index (χ2n) is 6.40. The van der Waals surface area contributed by atoms with E-state index in [1.165, 1.54) is 12.7 Å². The van der Waals surface area contributed by atoms with Crippen molar-refractivity contribution < 1.29 is 14.3 Å². The summed E-state index contributed by atoms with van der Waals surface area (Å²) >= 11 is 0. The van der Waals surface area contributed by atoms with E-state index in [4.69, 9.17) is 9.47 Å². The molecule has 0 spiro atoms. The fraction of sp³-hybridized carbons (Fsp3) is 0.300. The van der Waals surface area contributed by atoms with Crippen LogP contribution in [0.25, 0.3) is 22.2 Å². The number of nitrogens with zero attached hydrogens (tertiary/aromatic N) is 2. The van der Waals surface area contributed by atoms with Gasteiger partial charge in [0.1, 0.15) is 5.65 Å². The molecule has 3 aromatic rings. The van der Waals surface area contributed by atoms with Gasteiger partial charge in [-0.2, -0.15) is 0 Å². The van der Waals surface area contributed by atoms with E-state index in [1.807, 2.05) is 12.3 Å². The molecule has 0 atom stereocenters. The zero-order valence-corrected chi connectivity index (χ0v) is 14.7. The number of carbonyl (C=O) groups is 1. The van der Waals surface area contributed by atoms with E-state index in [-0.39, 0.29) is 5.97 Å². The maximum atomic E-state index is 11.9. The first kappa shape index (κ1) is 16.8. The molecule has 6 heteroatoms. The number of hydrogen-bond acceptors (Lipinski definition) is 5. The molecule has 0 unspecified atom stereocenters. The van der Waals surface area contributed by atoms with Gasteiger partial charge in [0, 0.05) is 43.0 Å². The summed E-state index contributed by atoms with van der Waals surface area (Å²) in [6.45, 7) is 4.51. The molecule has 6 nitrogen and oxygen atoms in total. The van der Waals surface area contributed by atoms with E-state index in [2.05, 4.69) is 39.1 Å². The van der Waals surface area contributed by atoms with Gasteiger partial charge in [-0.15, -0.1) is 0 Å². The van der Waals surface area contributed by atoms with Crippen LogP contribution in [0.4, 0.5) is 0 Å². The Kier molecular flexibility index (Phi) is 4.69. The fourth-order valence-corrected chi connectivity index (χ4v) is 3.26. The predicted octanol–water partition coefficient (Wildman–Crippen LogP) is 2.85. The predicted molar refractivity (Wildman–Crippen MR) is 99.0 cm³/mol. The number of hydrogen-bond donors (Lipinski definition) is 1. The summed E-state index contributed by atoms with van der Waals surface area (Å²) in [6, 6.07) is 10.5.